The molecule has 0 aromatic heterocycles. The van der Waals surface area contributed by atoms with E-state index in [1.807, 2.05) is 6.07 Å². The number of hydrogen-bond donors (Lipinski definition) is 3. The van der Waals surface area contributed by atoms with Gasteiger partial charge in [0, 0.05) is 17.6 Å². The smallest absolute Gasteiger partial charge is 0.251 e. The highest BCUT2D eigenvalue weighted by Crippen LogP contribution is 2.07. The molecule has 0 aliphatic carbocycles. The number of benzene rings is 1. The fraction of sp³-hybridized carbons (Fsp3) is 0.467. The molecule has 2 amide bonds. The van der Waals surface area contributed by atoms with Crippen LogP contribution >= 0.6 is 0 Å². The van der Waals surface area contributed by atoms with Crippen molar-refractivity contribution in [2.45, 2.75) is 31.8 Å². The quantitative estimate of drug-likeness (QED) is 0.756. The number of hydrogen-bond acceptors (Lipinski definition) is 3. The molecule has 1 aliphatic heterocycles. The number of amides is 2. The van der Waals surface area contributed by atoms with E-state index in [1.54, 1.807) is 24.3 Å². The zero-order valence-corrected chi connectivity index (χ0v) is 11.7. The van der Waals surface area contributed by atoms with Gasteiger partial charge in [-0.3, -0.25) is 9.59 Å². The van der Waals surface area contributed by atoms with Crippen LogP contribution in [0.3, 0.4) is 0 Å². The Hall–Kier alpha value is -1.88. The van der Waals surface area contributed by atoms with Gasteiger partial charge >= 0.3 is 0 Å². The molecule has 5 nitrogen and oxygen atoms in total. The van der Waals surface area contributed by atoms with Crippen LogP contribution < -0.4 is 16.0 Å². The maximum Gasteiger partial charge on any atom is 0.251 e. The summed E-state index contributed by atoms with van der Waals surface area (Å²) in [6.45, 7) is 3.07. The number of carbonyl (C=O) groups excluding carboxylic acids is 2. The molecule has 1 aliphatic rings. The Balaban J connectivity index is 1.76. The van der Waals surface area contributed by atoms with E-state index in [9.17, 15) is 9.59 Å². The maximum atomic E-state index is 11.8. The lowest BCUT2D eigenvalue weighted by molar-refractivity contribution is -0.121. The van der Waals surface area contributed by atoms with E-state index in [4.69, 9.17) is 0 Å². The summed E-state index contributed by atoms with van der Waals surface area (Å²) in [4.78, 5) is 23.6. The highest BCUT2D eigenvalue weighted by Gasteiger charge is 2.22. The first kappa shape index (κ1) is 14.5. The van der Waals surface area contributed by atoms with Crippen LogP contribution in [0.2, 0.25) is 0 Å². The number of nitrogens with one attached hydrogen (secondary N) is 3. The highest BCUT2D eigenvalue weighted by molar-refractivity contribution is 5.96. The summed E-state index contributed by atoms with van der Waals surface area (Å²) >= 11 is 0. The second-order valence-corrected chi connectivity index (χ2v) is 5.11. The van der Waals surface area contributed by atoms with Crippen LogP contribution in [-0.4, -0.2) is 37.0 Å². The minimum Gasteiger partial charge on any atom is -0.350 e. The molecule has 2 atom stereocenters. The number of piperidine rings is 1. The second-order valence-electron chi connectivity index (χ2n) is 5.11. The topological polar surface area (TPSA) is 70.2 Å². The largest absolute Gasteiger partial charge is 0.350 e. The normalized spacial score (nSPS) is 22.1. The van der Waals surface area contributed by atoms with Gasteiger partial charge in [0.15, 0.2) is 0 Å². The molecular weight excluding hydrogens is 254 g/mol. The third-order valence-corrected chi connectivity index (χ3v) is 3.55. The van der Waals surface area contributed by atoms with Crippen LogP contribution in [0.5, 0.6) is 0 Å². The Kier molecular flexibility index (Phi) is 5.12. The zero-order chi connectivity index (χ0) is 14.4. The van der Waals surface area contributed by atoms with Gasteiger partial charge in [0.25, 0.3) is 5.91 Å². The first-order valence-corrected chi connectivity index (χ1v) is 7.03. The van der Waals surface area contributed by atoms with Gasteiger partial charge in [-0.2, -0.15) is 0 Å². The molecule has 0 radical (unpaired) electrons. The van der Waals surface area contributed by atoms with Crippen molar-refractivity contribution in [3.8, 4) is 0 Å². The molecule has 3 N–H and O–H groups in total. The van der Waals surface area contributed by atoms with Crippen LogP contribution in [0.15, 0.2) is 30.3 Å². The van der Waals surface area contributed by atoms with E-state index in [-0.39, 0.29) is 30.4 Å². The van der Waals surface area contributed by atoms with E-state index >= 15 is 0 Å². The van der Waals surface area contributed by atoms with Gasteiger partial charge in [-0.15, -0.1) is 0 Å². The molecule has 2 unspecified atom stereocenters. The molecule has 20 heavy (non-hydrogen) atoms. The van der Waals surface area contributed by atoms with Gasteiger partial charge in [0.1, 0.15) is 0 Å². The molecule has 0 saturated carbocycles. The van der Waals surface area contributed by atoms with Crippen molar-refractivity contribution in [2.75, 3.05) is 13.1 Å². The molecule has 1 fully saturated rings. The minimum atomic E-state index is -0.226. The van der Waals surface area contributed by atoms with Crippen LogP contribution in [0.25, 0.3) is 0 Å². The summed E-state index contributed by atoms with van der Waals surface area (Å²) in [5.41, 5.74) is 0.563. The zero-order valence-electron chi connectivity index (χ0n) is 11.7. The van der Waals surface area contributed by atoms with Crippen LogP contribution in [0, 0.1) is 0 Å². The van der Waals surface area contributed by atoms with Crippen molar-refractivity contribution < 1.29 is 9.59 Å². The van der Waals surface area contributed by atoms with Crippen molar-refractivity contribution in [2.24, 2.45) is 0 Å². The molecule has 0 spiro atoms. The SMILES string of the molecule is CC1NCCCC1NC(=O)CNC(=O)c1ccccc1. The first-order chi connectivity index (χ1) is 9.66. The van der Waals surface area contributed by atoms with Crippen molar-refractivity contribution in [1.29, 1.82) is 0 Å². The highest BCUT2D eigenvalue weighted by atomic mass is 16.2. The molecule has 0 bridgehead atoms. The minimum absolute atomic E-state index is 0.0109. The molecule has 2 rings (SSSR count). The Morgan fingerprint density at radius 2 is 2.05 bits per heavy atom. The van der Waals surface area contributed by atoms with Crippen molar-refractivity contribution in [1.82, 2.24) is 16.0 Å². The Bertz CT molecular complexity index is 461. The first-order valence-electron chi connectivity index (χ1n) is 7.03. The standard InChI is InChI=1S/C15H21N3O2/c1-11-13(8-5-9-16-11)18-14(19)10-17-15(20)12-6-3-2-4-7-12/h2-4,6-7,11,13,16H,5,8-10H2,1H3,(H,17,20)(H,18,19). The fourth-order valence-electron chi connectivity index (χ4n) is 2.35. The summed E-state index contributed by atoms with van der Waals surface area (Å²) in [7, 11) is 0. The van der Waals surface area contributed by atoms with Crippen LogP contribution in [0.4, 0.5) is 0 Å². The average Bonchev–Trinajstić information content (AvgIpc) is 2.48. The second kappa shape index (κ2) is 7.05. The fourth-order valence-corrected chi connectivity index (χ4v) is 2.35. The van der Waals surface area contributed by atoms with E-state index in [0.29, 0.717) is 5.56 Å². The van der Waals surface area contributed by atoms with Gasteiger partial charge in [-0.05, 0) is 38.4 Å². The van der Waals surface area contributed by atoms with Crippen LogP contribution in [0.1, 0.15) is 30.1 Å². The predicted molar refractivity (Wildman–Crippen MR) is 77.4 cm³/mol. The molecule has 1 aromatic carbocycles. The molecule has 5 heteroatoms. The van der Waals surface area contributed by atoms with E-state index in [1.165, 1.54) is 0 Å². The summed E-state index contributed by atoms with van der Waals surface area (Å²) in [5, 5.41) is 8.92. The summed E-state index contributed by atoms with van der Waals surface area (Å²) < 4.78 is 0. The summed E-state index contributed by atoms with van der Waals surface area (Å²) in [6.07, 6.45) is 2.04. The van der Waals surface area contributed by atoms with Gasteiger partial charge < -0.3 is 16.0 Å². The van der Waals surface area contributed by atoms with Gasteiger partial charge in [0.05, 0.1) is 6.54 Å². The van der Waals surface area contributed by atoms with Gasteiger partial charge in [0.2, 0.25) is 5.91 Å². The molecular formula is C15H21N3O2. The third-order valence-electron chi connectivity index (χ3n) is 3.55. The summed E-state index contributed by atoms with van der Waals surface area (Å²) in [6, 6.07) is 9.30. The van der Waals surface area contributed by atoms with Crippen LogP contribution in [-0.2, 0) is 4.79 Å². The average molecular weight is 275 g/mol. The lowest BCUT2D eigenvalue weighted by Crippen LogP contribution is -2.53. The van der Waals surface area contributed by atoms with Gasteiger partial charge in [-0.25, -0.2) is 0 Å². The molecule has 1 heterocycles. The lowest BCUT2D eigenvalue weighted by atomic mass is 10.00. The molecule has 1 aromatic rings. The van der Waals surface area contributed by atoms with Gasteiger partial charge in [-0.1, -0.05) is 18.2 Å². The Morgan fingerprint density at radius 1 is 1.30 bits per heavy atom. The van der Waals surface area contributed by atoms with Crippen molar-refractivity contribution in [3.05, 3.63) is 35.9 Å². The molecule has 108 valence electrons. The number of carbonyl (C=O) groups is 2. The van der Waals surface area contributed by atoms with E-state index in [2.05, 4.69) is 22.9 Å². The maximum absolute atomic E-state index is 11.8. The van der Waals surface area contributed by atoms with Crippen molar-refractivity contribution in [3.63, 3.8) is 0 Å². The predicted octanol–water partition coefficient (Wildman–Crippen LogP) is 0.673. The number of rotatable bonds is 4. The van der Waals surface area contributed by atoms with E-state index < -0.39 is 0 Å². The lowest BCUT2D eigenvalue weighted by Gasteiger charge is -2.30. The molecule has 1 saturated heterocycles. The van der Waals surface area contributed by atoms with E-state index in [0.717, 1.165) is 19.4 Å². The third kappa shape index (κ3) is 4.06. The van der Waals surface area contributed by atoms with Crippen molar-refractivity contribution >= 4 is 11.8 Å². The Labute approximate surface area is 119 Å². The monoisotopic (exact) mass is 275 g/mol. The Morgan fingerprint density at radius 3 is 2.75 bits per heavy atom. The summed E-state index contributed by atoms with van der Waals surface area (Å²) in [5.74, 6) is -0.370.